The third-order valence-electron chi connectivity index (χ3n) is 2.52. The van der Waals surface area contributed by atoms with Gasteiger partial charge in [0.25, 0.3) is 0 Å². The van der Waals surface area contributed by atoms with Gasteiger partial charge in [-0.2, -0.15) is 5.26 Å². The first kappa shape index (κ1) is 12.1. The van der Waals surface area contributed by atoms with Gasteiger partial charge in [0.2, 0.25) is 0 Å². The number of rotatable bonds is 2. The van der Waals surface area contributed by atoms with Gasteiger partial charge in [0.1, 0.15) is 9.34 Å². The zero-order valence-corrected chi connectivity index (χ0v) is 11.2. The molecule has 0 amide bonds. The van der Waals surface area contributed by atoms with Gasteiger partial charge >= 0.3 is 0 Å². The molecular weight excluding hydrogens is 252 g/mol. The van der Waals surface area contributed by atoms with Crippen LogP contribution in [-0.2, 0) is 6.42 Å². The molecule has 1 heterocycles. The van der Waals surface area contributed by atoms with Gasteiger partial charge < -0.3 is 0 Å². The molecule has 0 unspecified atom stereocenters. The second-order valence-electron chi connectivity index (χ2n) is 3.89. The summed E-state index contributed by atoms with van der Waals surface area (Å²) in [6.07, 6.45) is 0.264. The van der Waals surface area contributed by atoms with E-state index in [1.807, 2.05) is 13.8 Å². The molecule has 4 heteroatoms. The predicted molar refractivity (Wildman–Crippen MR) is 71.4 cm³/mol. The molecule has 0 N–H and O–H groups in total. The lowest BCUT2D eigenvalue weighted by Crippen LogP contribution is -1.86. The molecule has 1 aromatic heterocycles. The predicted octanol–water partition coefficient (Wildman–Crippen LogP) is 4.15. The maximum Gasteiger partial charge on any atom is 0.125 e. The van der Waals surface area contributed by atoms with E-state index in [1.165, 1.54) is 22.5 Å². The summed E-state index contributed by atoms with van der Waals surface area (Å²) < 4.78 is 0.613. The van der Waals surface area contributed by atoms with Crippen LogP contribution >= 0.6 is 22.9 Å². The van der Waals surface area contributed by atoms with Crippen LogP contribution in [0.15, 0.2) is 18.2 Å². The first-order valence-electron chi connectivity index (χ1n) is 5.21. The second-order valence-corrected chi connectivity index (χ2v) is 5.49. The lowest BCUT2D eigenvalue weighted by atomic mass is 10.1. The molecule has 0 fully saturated rings. The number of hydrogen-bond donors (Lipinski definition) is 0. The Labute approximate surface area is 110 Å². The summed E-state index contributed by atoms with van der Waals surface area (Å²) >= 11 is 7.50. The molecule has 0 aliphatic rings. The number of aromatic nitrogens is 1. The normalized spacial score (nSPS) is 10.2. The minimum Gasteiger partial charge on any atom is -0.238 e. The molecule has 2 rings (SSSR count). The highest BCUT2D eigenvalue weighted by atomic mass is 35.5. The second kappa shape index (κ2) is 4.87. The largest absolute Gasteiger partial charge is 0.238 e. The third kappa shape index (κ3) is 2.49. The number of hydrogen-bond acceptors (Lipinski definition) is 3. The summed E-state index contributed by atoms with van der Waals surface area (Å²) in [5.74, 6) is 0. The Morgan fingerprint density at radius 3 is 2.88 bits per heavy atom. The van der Waals surface area contributed by atoms with Crippen molar-refractivity contribution in [3.63, 3.8) is 0 Å². The van der Waals surface area contributed by atoms with Crippen LogP contribution in [0, 0.1) is 25.2 Å². The van der Waals surface area contributed by atoms with Gasteiger partial charge in [0.05, 0.1) is 18.2 Å². The SMILES string of the molecule is Cc1ccc(C)c(-c2nc(CC#N)c(Cl)s2)c1. The molecule has 17 heavy (non-hydrogen) atoms. The van der Waals surface area contributed by atoms with E-state index in [0.29, 0.717) is 10.0 Å². The van der Waals surface area contributed by atoms with Gasteiger partial charge in [0, 0.05) is 5.56 Å². The number of nitrogens with zero attached hydrogens (tertiary/aromatic N) is 2. The van der Waals surface area contributed by atoms with Gasteiger partial charge in [0.15, 0.2) is 0 Å². The van der Waals surface area contributed by atoms with Crippen molar-refractivity contribution < 1.29 is 0 Å². The van der Waals surface area contributed by atoms with Crippen molar-refractivity contribution in [2.45, 2.75) is 20.3 Å². The zero-order valence-electron chi connectivity index (χ0n) is 9.62. The molecule has 0 radical (unpaired) electrons. The zero-order chi connectivity index (χ0) is 12.4. The van der Waals surface area contributed by atoms with Gasteiger partial charge in [-0.3, -0.25) is 0 Å². The smallest absolute Gasteiger partial charge is 0.125 e. The van der Waals surface area contributed by atoms with Crippen LogP contribution in [-0.4, -0.2) is 4.98 Å². The van der Waals surface area contributed by atoms with Crippen LogP contribution in [0.1, 0.15) is 16.8 Å². The van der Waals surface area contributed by atoms with Crippen molar-refractivity contribution in [2.75, 3.05) is 0 Å². The van der Waals surface area contributed by atoms with Crippen molar-refractivity contribution in [3.05, 3.63) is 39.4 Å². The van der Waals surface area contributed by atoms with E-state index >= 15 is 0 Å². The van der Waals surface area contributed by atoms with Crippen LogP contribution in [0.25, 0.3) is 10.6 Å². The molecule has 0 bridgehead atoms. The van der Waals surface area contributed by atoms with E-state index < -0.39 is 0 Å². The standard InChI is InChI=1S/C13H11ClN2S/c1-8-3-4-9(2)10(7-8)13-16-11(5-6-15)12(14)17-13/h3-4,7H,5H2,1-2H3. The minimum atomic E-state index is 0.264. The van der Waals surface area contributed by atoms with Gasteiger partial charge in [-0.25, -0.2) is 4.98 Å². The maximum absolute atomic E-state index is 8.68. The molecule has 2 nitrogen and oxygen atoms in total. The topological polar surface area (TPSA) is 36.7 Å². The van der Waals surface area contributed by atoms with Crippen LogP contribution in [0.2, 0.25) is 4.34 Å². The summed E-state index contributed by atoms with van der Waals surface area (Å²) in [5.41, 5.74) is 4.14. The fourth-order valence-corrected chi connectivity index (χ4v) is 2.82. The molecule has 0 atom stereocenters. The quantitative estimate of drug-likeness (QED) is 0.815. The Morgan fingerprint density at radius 2 is 2.18 bits per heavy atom. The van der Waals surface area contributed by atoms with Crippen molar-refractivity contribution in [1.82, 2.24) is 4.98 Å². The van der Waals surface area contributed by atoms with E-state index in [2.05, 4.69) is 29.3 Å². The van der Waals surface area contributed by atoms with E-state index in [1.54, 1.807) is 0 Å². The first-order chi connectivity index (χ1) is 8.11. The summed E-state index contributed by atoms with van der Waals surface area (Å²) in [4.78, 5) is 4.44. The summed E-state index contributed by atoms with van der Waals surface area (Å²) in [7, 11) is 0. The highest BCUT2D eigenvalue weighted by Gasteiger charge is 2.12. The Hall–Kier alpha value is -1.37. The molecule has 86 valence electrons. The van der Waals surface area contributed by atoms with Crippen LogP contribution in [0.4, 0.5) is 0 Å². The molecule has 0 saturated carbocycles. The molecular formula is C13H11ClN2S. The third-order valence-corrected chi connectivity index (χ3v) is 3.89. The number of benzene rings is 1. The van der Waals surface area contributed by atoms with E-state index in [4.69, 9.17) is 16.9 Å². The number of thiazole rings is 1. The first-order valence-corrected chi connectivity index (χ1v) is 6.41. The van der Waals surface area contributed by atoms with Gasteiger partial charge in [-0.15, -0.1) is 11.3 Å². The van der Waals surface area contributed by atoms with Crippen LogP contribution in [0.5, 0.6) is 0 Å². The molecule has 0 aliphatic carbocycles. The maximum atomic E-state index is 8.68. The number of nitriles is 1. The fourth-order valence-electron chi connectivity index (χ4n) is 1.60. The Bertz CT molecular complexity index is 596. The van der Waals surface area contributed by atoms with Gasteiger partial charge in [-0.05, 0) is 25.5 Å². The average molecular weight is 263 g/mol. The van der Waals surface area contributed by atoms with E-state index in [9.17, 15) is 0 Å². The fraction of sp³-hybridized carbons (Fsp3) is 0.231. The Balaban J connectivity index is 2.50. The van der Waals surface area contributed by atoms with Crippen LogP contribution < -0.4 is 0 Å². The Morgan fingerprint density at radius 1 is 1.41 bits per heavy atom. The number of halogens is 1. The molecule has 0 spiro atoms. The monoisotopic (exact) mass is 262 g/mol. The molecule has 0 saturated heterocycles. The van der Waals surface area contributed by atoms with Crippen molar-refractivity contribution in [2.24, 2.45) is 0 Å². The van der Waals surface area contributed by atoms with E-state index in [-0.39, 0.29) is 6.42 Å². The van der Waals surface area contributed by atoms with E-state index in [0.717, 1.165) is 10.6 Å². The lowest BCUT2D eigenvalue weighted by molar-refractivity contribution is 1.16. The number of aryl methyl sites for hydroxylation is 2. The summed E-state index contributed by atoms with van der Waals surface area (Å²) in [6.45, 7) is 4.10. The van der Waals surface area contributed by atoms with Gasteiger partial charge in [-0.1, -0.05) is 29.3 Å². The molecule has 1 aromatic carbocycles. The highest BCUT2D eigenvalue weighted by Crippen LogP contribution is 2.33. The summed E-state index contributed by atoms with van der Waals surface area (Å²) in [6, 6.07) is 8.32. The minimum absolute atomic E-state index is 0.264. The highest BCUT2D eigenvalue weighted by molar-refractivity contribution is 7.19. The average Bonchev–Trinajstić information content (AvgIpc) is 2.64. The summed E-state index contributed by atoms with van der Waals surface area (Å²) in [5, 5.41) is 9.57. The van der Waals surface area contributed by atoms with Crippen molar-refractivity contribution in [1.29, 1.82) is 5.26 Å². The van der Waals surface area contributed by atoms with Crippen molar-refractivity contribution >= 4 is 22.9 Å². The Kier molecular flexibility index (Phi) is 3.46. The molecule has 2 aromatic rings. The van der Waals surface area contributed by atoms with Crippen LogP contribution in [0.3, 0.4) is 0 Å². The van der Waals surface area contributed by atoms with Crippen molar-refractivity contribution in [3.8, 4) is 16.6 Å². The lowest BCUT2D eigenvalue weighted by Gasteiger charge is -2.02. The molecule has 0 aliphatic heterocycles.